The number of fused-ring (bicyclic) bond motifs is 1. The van der Waals surface area contributed by atoms with Crippen molar-refractivity contribution in [2.24, 2.45) is 0 Å². The molecule has 0 spiro atoms. The third-order valence-electron chi connectivity index (χ3n) is 4.06. The first kappa shape index (κ1) is 15.2. The molecule has 1 aromatic carbocycles. The van der Waals surface area contributed by atoms with E-state index in [0.717, 1.165) is 12.0 Å². The van der Waals surface area contributed by atoms with E-state index in [1.807, 2.05) is 37.3 Å². The van der Waals surface area contributed by atoms with Gasteiger partial charge in [-0.1, -0.05) is 36.4 Å². The zero-order valence-corrected chi connectivity index (χ0v) is 13.7. The van der Waals surface area contributed by atoms with Gasteiger partial charge in [0.15, 0.2) is 0 Å². The molecule has 3 aromatic heterocycles. The van der Waals surface area contributed by atoms with Crippen LogP contribution >= 0.6 is 0 Å². The molecule has 0 bridgehead atoms. The highest BCUT2D eigenvalue weighted by molar-refractivity contribution is 5.56. The molecular formula is C18H16N6O. The molecule has 0 atom stereocenters. The monoisotopic (exact) mass is 332 g/mol. The Labute approximate surface area is 143 Å². The summed E-state index contributed by atoms with van der Waals surface area (Å²) < 4.78 is 1.51. The summed E-state index contributed by atoms with van der Waals surface area (Å²) in [5, 5.41) is 12.4. The van der Waals surface area contributed by atoms with E-state index >= 15 is 0 Å². The predicted molar refractivity (Wildman–Crippen MR) is 93.2 cm³/mol. The molecule has 0 unspecified atom stereocenters. The van der Waals surface area contributed by atoms with Gasteiger partial charge in [-0.15, -0.1) is 10.2 Å². The number of nitrogens with zero attached hydrogens (tertiary/aromatic N) is 6. The second-order valence-corrected chi connectivity index (χ2v) is 5.81. The number of benzene rings is 1. The SMILES string of the molecule is Cc1cccn2c(=O)c(-c3nnn(CCc4ccccc4)n3)cnc12. The fourth-order valence-electron chi connectivity index (χ4n) is 2.72. The molecule has 0 aliphatic rings. The Morgan fingerprint density at radius 2 is 1.92 bits per heavy atom. The number of hydrogen-bond donors (Lipinski definition) is 0. The summed E-state index contributed by atoms with van der Waals surface area (Å²) in [4.78, 5) is 18.5. The van der Waals surface area contributed by atoms with Crippen molar-refractivity contribution >= 4 is 5.65 Å². The number of aromatic nitrogens is 6. The molecule has 124 valence electrons. The van der Waals surface area contributed by atoms with Crippen LogP contribution in [0.5, 0.6) is 0 Å². The minimum absolute atomic E-state index is 0.198. The molecule has 0 N–H and O–H groups in total. The van der Waals surface area contributed by atoms with E-state index in [9.17, 15) is 4.79 Å². The zero-order valence-electron chi connectivity index (χ0n) is 13.7. The molecule has 0 saturated heterocycles. The topological polar surface area (TPSA) is 78.0 Å². The minimum atomic E-state index is -0.198. The molecule has 0 amide bonds. The van der Waals surface area contributed by atoms with Crippen LogP contribution in [0.3, 0.4) is 0 Å². The van der Waals surface area contributed by atoms with Gasteiger partial charge in [0.05, 0.1) is 6.54 Å². The average molecular weight is 332 g/mol. The molecule has 0 saturated carbocycles. The van der Waals surface area contributed by atoms with Crippen molar-refractivity contribution in [1.82, 2.24) is 29.6 Å². The lowest BCUT2D eigenvalue weighted by Crippen LogP contribution is -2.17. The first-order valence-corrected chi connectivity index (χ1v) is 8.01. The summed E-state index contributed by atoms with van der Waals surface area (Å²) in [5.74, 6) is 0.293. The van der Waals surface area contributed by atoms with Crippen LogP contribution in [0.2, 0.25) is 0 Å². The highest BCUT2D eigenvalue weighted by Gasteiger charge is 2.13. The first-order valence-electron chi connectivity index (χ1n) is 8.01. The van der Waals surface area contributed by atoms with Crippen LogP contribution in [0.15, 0.2) is 59.7 Å². The van der Waals surface area contributed by atoms with Gasteiger partial charge in [-0.25, -0.2) is 4.98 Å². The van der Waals surface area contributed by atoms with Gasteiger partial charge in [0.2, 0.25) is 5.82 Å². The molecule has 4 aromatic rings. The van der Waals surface area contributed by atoms with E-state index in [0.29, 0.717) is 23.6 Å². The maximum Gasteiger partial charge on any atom is 0.269 e. The van der Waals surface area contributed by atoms with Gasteiger partial charge in [-0.3, -0.25) is 9.20 Å². The summed E-state index contributed by atoms with van der Waals surface area (Å²) in [5.41, 5.74) is 2.91. The number of aryl methyl sites for hydroxylation is 3. The van der Waals surface area contributed by atoms with Crippen molar-refractivity contribution in [2.75, 3.05) is 0 Å². The quantitative estimate of drug-likeness (QED) is 0.570. The Balaban J connectivity index is 1.63. The van der Waals surface area contributed by atoms with Crippen molar-refractivity contribution < 1.29 is 0 Å². The van der Waals surface area contributed by atoms with Crippen LogP contribution in [0.25, 0.3) is 17.0 Å². The van der Waals surface area contributed by atoms with Gasteiger partial charge in [0, 0.05) is 12.4 Å². The number of hydrogen-bond acceptors (Lipinski definition) is 5. The second kappa shape index (κ2) is 6.27. The van der Waals surface area contributed by atoms with Crippen LogP contribution in [-0.4, -0.2) is 29.6 Å². The van der Waals surface area contributed by atoms with Crippen LogP contribution in [0.4, 0.5) is 0 Å². The van der Waals surface area contributed by atoms with E-state index in [4.69, 9.17) is 0 Å². The fraction of sp³-hybridized carbons (Fsp3) is 0.167. The van der Waals surface area contributed by atoms with Gasteiger partial charge < -0.3 is 0 Å². The number of tetrazole rings is 1. The Morgan fingerprint density at radius 1 is 1.08 bits per heavy atom. The third-order valence-corrected chi connectivity index (χ3v) is 4.06. The first-order chi connectivity index (χ1) is 12.2. The summed E-state index contributed by atoms with van der Waals surface area (Å²) in [6, 6.07) is 13.8. The summed E-state index contributed by atoms with van der Waals surface area (Å²) in [7, 11) is 0. The maximum atomic E-state index is 12.7. The molecule has 0 radical (unpaired) electrons. The smallest absolute Gasteiger partial charge is 0.268 e. The van der Waals surface area contributed by atoms with Crippen molar-refractivity contribution in [3.63, 3.8) is 0 Å². The lowest BCUT2D eigenvalue weighted by molar-refractivity contribution is 0.523. The molecule has 4 rings (SSSR count). The van der Waals surface area contributed by atoms with Gasteiger partial charge >= 0.3 is 0 Å². The molecule has 7 nitrogen and oxygen atoms in total. The largest absolute Gasteiger partial charge is 0.269 e. The minimum Gasteiger partial charge on any atom is -0.268 e. The predicted octanol–water partition coefficient (Wildman–Crippen LogP) is 1.90. The number of rotatable bonds is 4. The van der Waals surface area contributed by atoms with Crippen molar-refractivity contribution in [3.05, 3.63) is 76.3 Å². The Morgan fingerprint density at radius 3 is 2.76 bits per heavy atom. The van der Waals surface area contributed by atoms with E-state index < -0.39 is 0 Å². The molecule has 3 heterocycles. The third kappa shape index (κ3) is 2.91. The lowest BCUT2D eigenvalue weighted by atomic mass is 10.2. The zero-order chi connectivity index (χ0) is 17.2. The van der Waals surface area contributed by atoms with Gasteiger partial charge in [0.25, 0.3) is 5.56 Å². The number of pyridine rings is 1. The maximum absolute atomic E-state index is 12.7. The standard InChI is InChI=1S/C18H16N6O/c1-13-6-5-10-23-17(13)19-12-15(18(23)25)16-20-22-24(21-16)11-9-14-7-3-2-4-8-14/h2-8,10,12H,9,11H2,1H3. The Kier molecular flexibility index (Phi) is 3.81. The molecule has 0 aliphatic heterocycles. The summed E-state index contributed by atoms with van der Waals surface area (Å²) in [6.07, 6.45) is 4.01. The Bertz CT molecular complexity index is 1080. The van der Waals surface area contributed by atoms with Crippen molar-refractivity contribution in [1.29, 1.82) is 0 Å². The van der Waals surface area contributed by atoms with Gasteiger partial charge in [-0.2, -0.15) is 4.80 Å². The normalized spacial score (nSPS) is 11.1. The summed E-state index contributed by atoms with van der Waals surface area (Å²) in [6.45, 7) is 2.51. The van der Waals surface area contributed by atoms with E-state index in [1.54, 1.807) is 6.20 Å². The van der Waals surface area contributed by atoms with Gasteiger partial charge in [-0.05, 0) is 35.8 Å². The fourth-order valence-corrected chi connectivity index (χ4v) is 2.72. The molecular weight excluding hydrogens is 316 g/mol. The molecule has 25 heavy (non-hydrogen) atoms. The Hall–Kier alpha value is -3.35. The second-order valence-electron chi connectivity index (χ2n) is 5.81. The van der Waals surface area contributed by atoms with E-state index in [2.05, 4.69) is 32.5 Å². The summed E-state index contributed by atoms with van der Waals surface area (Å²) >= 11 is 0. The molecule has 7 heteroatoms. The van der Waals surface area contributed by atoms with Crippen molar-refractivity contribution in [3.8, 4) is 11.4 Å². The van der Waals surface area contributed by atoms with Crippen LogP contribution in [-0.2, 0) is 13.0 Å². The van der Waals surface area contributed by atoms with E-state index in [-0.39, 0.29) is 5.56 Å². The lowest BCUT2D eigenvalue weighted by Gasteiger charge is -2.03. The highest BCUT2D eigenvalue weighted by Crippen LogP contribution is 2.10. The van der Waals surface area contributed by atoms with Crippen molar-refractivity contribution in [2.45, 2.75) is 19.9 Å². The van der Waals surface area contributed by atoms with E-state index in [1.165, 1.54) is 21.0 Å². The van der Waals surface area contributed by atoms with Gasteiger partial charge in [0.1, 0.15) is 11.2 Å². The molecule has 0 aliphatic carbocycles. The van der Waals surface area contributed by atoms with Crippen LogP contribution < -0.4 is 5.56 Å². The van der Waals surface area contributed by atoms with Crippen LogP contribution in [0.1, 0.15) is 11.1 Å². The highest BCUT2D eigenvalue weighted by atomic mass is 16.1. The van der Waals surface area contributed by atoms with Crippen LogP contribution in [0, 0.1) is 6.92 Å². The molecule has 0 fully saturated rings. The average Bonchev–Trinajstić information content (AvgIpc) is 3.11.